The van der Waals surface area contributed by atoms with Crippen LogP contribution in [0.1, 0.15) is 63.1 Å². The number of rotatable bonds is 21. The second-order valence-electron chi connectivity index (χ2n) is 10.3. The lowest BCUT2D eigenvalue weighted by atomic mass is 10.0. The van der Waals surface area contributed by atoms with Gasteiger partial charge in [0.1, 0.15) is 5.78 Å². The number of imidazole rings is 1. The van der Waals surface area contributed by atoms with Crippen molar-refractivity contribution in [1.82, 2.24) is 31.2 Å². The van der Waals surface area contributed by atoms with Crippen LogP contribution in [0.25, 0.3) is 0 Å². The summed E-state index contributed by atoms with van der Waals surface area (Å²) in [6, 6.07) is 9.29. The Balaban J connectivity index is 1.61. The predicted octanol–water partition coefficient (Wildman–Crippen LogP) is 2.18. The molecule has 11 heteroatoms. The van der Waals surface area contributed by atoms with Gasteiger partial charge in [-0.3, -0.25) is 19.2 Å². The maximum atomic E-state index is 12.2. The molecule has 1 aromatic carbocycles. The number of benzene rings is 1. The maximum Gasteiger partial charge on any atom is 0.220 e. The zero-order chi connectivity index (χ0) is 30.7. The van der Waals surface area contributed by atoms with E-state index in [9.17, 15) is 19.2 Å². The van der Waals surface area contributed by atoms with Crippen molar-refractivity contribution in [3.63, 3.8) is 0 Å². The minimum atomic E-state index is -0.310. The molecule has 0 bridgehead atoms. The molecular formula is C31H45N7O4. The molecule has 2 atom stereocenters. The Labute approximate surface area is 248 Å². The lowest BCUT2D eigenvalue weighted by molar-refractivity contribution is -0.127. The molecule has 2 rings (SSSR count). The summed E-state index contributed by atoms with van der Waals surface area (Å²) in [6.07, 6.45) is 7.07. The normalized spacial score (nSPS) is 12.0. The molecule has 0 saturated carbocycles. The van der Waals surface area contributed by atoms with Gasteiger partial charge in [0.15, 0.2) is 0 Å². The van der Waals surface area contributed by atoms with Crippen LogP contribution in [-0.4, -0.2) is 58.6 Å². The summed E-state index contributed by atoms with van der Waals surface area (Å²) in [7, 11) is 0. The number of aromatic nitrogens is 2. The van der Waals surface area contributed by atoms with Crippen molar-refractivity contribution in [2.45, 2.75) is 76.8 Å². The number of hydrogen-bond donors (Lipinski definition) is 6. The Morgan fingerprint density at radius 1 is 0.905 bits per heavy atom. The van der Waals surface area contributed by atoms with Crippen molar-refractivity contribution >= 4 is 23.5 Å². The van der Waals surface area contributed by atoms with Gasteiger partial charge in [-0.25, -0.2) is 4.98 Å². The molecule has 0 spiro atoms. The van der Waals surface area contributed by atoms with Crippen LogP contribution in [0.2, 0.25) is 0 Å². The van der Waals surface area contributed by atoms with E-state index in [0.717, 1.165) is 24.1 Å². The van der Waals surface area contributed by atoms with Gasteiger partial charge in [0.2, 0.25) is 17.7 Å². The molecule has 11 nitrogen and oxygen atoms in total. The summed E-state index contributed by atoms with van der Waals surface area (Å²) in [4.78, 5) is 54.8. The van der Waals surface area contributed by atoms with Gasteiger partial charge in [0.25, 0.3) is 0 Å². The third-order valence-electron chi connectivity index (χ3n) is 6.66. The van der Waals surface area contributed by atoms with Crippen molar-refractivity contribution in [1.29, 1.82) is 0 Å². The highest BCUT2D eigenvalue weighted by atomic mass is 16.2. The first-order chi connectivity index (χ1) is 20.1. The van der Waals surface area contributed by atoms with Gasteiger partial charge >= 0.3 is 0 Å². The summed E-state index contributed by atoms with van der Waals surface area (Å²) in [5.74, 6) is -0.653. The number of carbonyl (C=O) groups excluding carboxylic acids is 4. The smallest absolute Gasteiger partial charge is 0.220 e. The summed E-state index contributed by atoms with van der Waals surface area (Å²) < 4.78 is 0. The van der Waals surface area contributed by atoms with Crippen LogP contribution in [0.4, 0.5) is 0 Å². The monoisotopic (exact) mass is 579 g/mol. The Hall–Kier alpha value is -4.41. The van der Waals surface area contributed by atoms with E-state index in [0.29, 0.717) is 43.7 Å². The predicted molar refractivity (Wildman–Crippen MR) is 163 cm³/mol. The van der Waals surface area contributed by atoms with Gasteiger partial charge < -0.3 is 32.0 Å². The lowest BCUT2D eigenvalue weighted by Crippen LogP contribution is -2.44. The SMILES string of the molecule is C=C(N)C(CCCCNC(=O)CCC(=O)CCC(=O)NCCc1cnc[nH]1)NC(=C)C(Cc1ccccc1)NC(C)=O. The summed E-state index contributed by atoms with van der Waals surface area (Å²) in [5, 5.41) is 11.9. The summed E-state index contributed by atoms with van der Waals surface area (Å²) >= 11 is 0. The largest absolute Gasteiger partial charge is 0.401 e. The number of hydrogen-bond acceptors (Lipinski definition) is 7. The average molecular weight is 580 g/mol. The standard InChI is InChI=1S/C31H45N7O4/c1-22(32)28(37-23(2)29(38-24(3)39)19-25-9-5-4-6-10-25)11-7-8-17-34-30(41)14-12-27(40)13-15-31(42)35-18-16-26-20-33-21-36-26/h4-6,9-10,20-21,28-29,37H,1-2,7-8,11-19,32H2,3H3,(H,33,36)(H,34,41)(H,35,42)(H,38,39). The van der Waals surface area contributed by atoms with E-state index in [2.05, 4.69) is 44.4 Å². The van der Waals surface area contributed by atoms with Crippen molar-refractivity contribution in [3.8, 4) is 0 Å². The highest BCUT2D eigenvalue weighted by molar-refractivity contribution is 5.88. The zero-order valence-corrected chi connectivity index (χ0v) is 24.5. The van der Waals surface area contributed by atoms with E-state index < -0.39 is 0 Å². The lowest BCUT2D eigenvalue weighted by Gasteiger charge is -2.27. The number of aromatic amines is 1. The van der Waals surface area contributed by atoms with Crippen molar-refractivity contribution in [2.75, 3.05) is 13.1 Å². The molecule has 228 valence electrons. The fourth-order valence-corrected chi connectivity index (χ4v) is 4.30. The summed E-state index contributed by atoms with van der Waals surface area (Å²) in [6.45, 7) is 10.4. The molecule has 0 aliphatic carbocycles. The van der Waals surface area contributed by atoms with E-state index in [1.807, 2.05) is 30.3 Å². The van der Waals surface area contributed by atoms with Gasteiger partial charge in [0, 0.05) is 75.4 Å². The first kappa shape index (κ1) is 33.8. The number of H-pyrrole nitrogens is 1. The molecule has 2 unspecified atom stereocenters. The molecule has 0 aliphatic heterocycles. The van der Waals surface area contributed by atoms with Gasteiger partial charge in [-0.05, 0) is 31.2 Å². The Morgan fingerprint density at radius 2 is 1.57 bits per heavy atom. The highest BCUT2D eigenvalue weighted by Gasteiger charge is 2.19. The first-order valence-corrected chi connectivity index (χ1v) is 14.4. The molecule has 0 radical (unpaired) electrons. The Morgan fingerprint density at radius 3 is 2.17 bits per heavy atom. The van der Waals surface area contributed by atoms with Crippen molar-refractivity contribution in [2.24, 2.45) is 5.73 Å². The first-order valence-electron chi connectivity index (χ1n) is 14.4. The second kappa shape index (κ2) is 18.8. The fraction of sp³-hybridized carbons (Fsp3) is 0.452. The zero-order valence-electron chi connectivity index (χ0n) is 24.5. The Bertz CT molecular complexity index is 1170. The van der Waals surface area contributed by atoms with Crippen molar-refractivity contribution < 1.29 is 19.2 Å². The van der Waals surface area contributed by atoms with Gasteiger partial charge in [0.05, 0.1) is 18.4 Å². The third kappa shape index (κ3) is 14.3. The number of carbonyl (C=O) groups is 4. The number of nitrogens with two attached hydrogens (primary N) is 1. The molecule has 0 saturated heterocycles. The van der Waals surface area contributed by atoms with E-state index in [-0.39, 0.29) is 61.3 Å². The molecule has 0 fully saturated rings. The van der Waals surface area contributed by atoms with Gasteiger partial charge in [-0.15, -0.1) is 0 Å². The molecule has 1 aromatic heterocycles. The van der Waals surface area contributed by atoms with Crippen LogP contribution >= 0.6 is 0 Å². The van der Waals surface area contributed by atoms with Crippen LogP contribution in [-0.2, 0) is 32.0 Å². The third-order valence-corrected chi connectivity index (χ3v) is 6.66. The van der Waals surface area contributed by atoms with E-state index in [1.165, 1.54) is 6.92 Å². The number of amides is 3. The van der Waals surface area contributed by atoms with E-state index >= 15 is 0 Å². The van der Waals surface area contributed by atoms with Crippen molar-refractivity contribution in [3.05, 3.63) is 78.7 Å². The topological polar surface area (TPSA) is 171 Å². The molecule has 3 amide bonds. The van der Waals surface area contributed by atoms with Crippen LogP contribution < -0.4 is 27.0 Å². The second-order valence-corrected chi connectivity index (χ2v) is 10.3. The van der Waals surface area contributed by atoms with Crippen LogP contribution in [0.3, 0.4) is 0 Å². The minimum Gasteiger partial charge on any atom is -0.401 e. The molecule has 2 aromatic rings. The number of ketones is 1. The average Bonchev–Trinajstić information content (AvgIpc) is 3.47. The van der Waals surface area contributed by atoms with E-state index in [1.54, 1.807) is 12.5 Å². The minimum absolute atomic E-state index is 0.0931. The van der Waals surface area contributed by atoms with Gasteiger partial charge in [-0.1, -0.05) is 43.5 Å². The molecule has 7 N–H and O–H groups in total. The number of Topliss-reactive ketones (excluding diaryl/α,β-unsaturated/α-hetero) is 1. The maximum absolute atomic E-state index is 12.2. The van der Waals surface area contributed by atoms with Crippen LogP contribution in [0, 0.1) is 0 Å². The van der Waals surface area contributed by atoms with Crippen LogP contribution in [0.5, 0.6) is 0 Å². The number of nitrogens with one attached hydrogen (secondary N) is 5. The Kier molecular flexibility index (Phi) is 15.2. The molecular weight excluding hydrogens is 534 g/mol. The number of nitrogens with zero attached hydrogens (tertiary/aromatic N) is 1. The molecule has 0 aliphatic rings. The number of unbranched alkanes of at least 4 members (excludes halogenated alkanes) is 1. The quantitative estimate of drug-likeness (QED) is 0.123. The fourth-order valence-electron chi connectivity index (χ4n) is 4.30. The summed E-state index contributed by atoms with van der Waals surface area (Å²) in [5.41, 5.74) is 9.15. The van der Waals surface area contributed by atoms with Gasteiger partial charge in [-0.2, -0.15) is 0 Å². The molecule has 42 heavy (non-hydrogen) atoms. The molecule has 1 heterocycles. The van der Waals surface area contributed by atoms with E-state index in [4.69, 9.17) is 5.73 Å². The van der Waals surface area contributed by atoms with Crippen LogP contribution in [0.15, 0.2) is 67.4 Å². The highest BCUT2D eigenvalue weighted by Crippen LogP contribution is 2.12.